The van der Waals surface area contributed by atoms with Crippen LogP contribution in [0.5, 0.6) is 11.5 Å². The molecule has 30 heavy (non-hydrogen) atoms. The summed E-state index contributed by atoms with van der Waals surface area (Å²) in [5.41, 5.74) is 7.03. The fourth-order valence-electron chi connectivity index (χ4n) is 3.71. The van der Waals surface area contributed by atoms with E-state index >= 15 is 0 Å². The van der Waals surface area contributed by atoms with Crippen LogP contribution in [-0.2, 0) is 0 Å². The smallest absolute Gasteiger partial charge is 0.343 e. The molecule has 154 valence electrons. The highest BCUT2D eigenvalue weighted by Crippen LogP contribution is 2.34. The van der Waals surface area contributed by atoms with E-state index in [1.165, 1.54) is 6.92 Å². The highest BCUT2D eigenvalue weighted by molar-refractivity contribution is 5.96. The molecule has 0 bridgehead atoms. The van der Waals surface area contributed by atoms with Gasteiger partial charge in [0.05, 0.1) is 12.7 Å². The Hall–Kier alpha value is -3.40. The van der Waals surface area contributed by atoms with Crippen molar-refractivity contribution in [3.05, 3.63) is 81.9 Å². The maximum absolute atomic E-state index is 12.6. The van der Waals surface area contributed by atoms with Gasteiger partial charge < -0.3 is 9.47 Å². The summed E-state index contributed by atoms with van der Waals surface area (Å²) in [6.45, 7) is 9.42. The van der Waals surface area contributed by atoms with Crippen molar-refractivity contribution in [3.63, 3.8) is 0 Å². The number of hydrogen-bond acceptors (Lipinski definition) is 4. The molecule has 0 unspecified atom stereocenters. The molecule has 0 spiro atoms. The standard InChI is InChI=1S/C26H26O4/c1-15-11-22(12-16(2)24(15)29-6)23-13-17(3)25(18(4)14-23)30-26(28)21-9-7-20(8-10-21)19(5)27/h7-14H,1-6H3. The van der Waals surface area contributed by atoms with E-state index in [9.17, 15) is 9.59 Å². The van der Waals surface area contributed by atoms with E-state index in [0.717, 1.165) is 39.1 Å². The van der Waals surface area contributed by atoms with Crippen LogP contribution in [0.2, 0.25) is 0 Å². The molecule has 0 radical (unpaired) electrons. The van der Waals surface area contributed by atoms with E-state index in [0.29, 0.717) is 16.9 Å². The van der Waals surface area contributed by atoms with Gasteiger partial charge in [-0.05, 0) is 104 Å². The Balaban J connectivity index is 1.90. The summed E-state index contributed by atoms with van der Waals surface area (Å²) in [6.07, 6.45) is 0. The quantitative estimate of drug-likeness (QED) is 0.298. The molecule has 0 aliphatic heterocycles. The van der Waals surface area contributed by atoms with Crippen LogP contribution < -0.4 is 9.47 Å². The Labute approximate surface area is 177 Å². The number of ketones is 1. The maximum atomic E-state index is 12.6. The number of carbonyl (C=O) groups excluding carboxylic acids is 2. The van der Waals surface area contributed by atoms with Gasteiger partial charge in [-0.25, -0.2) is 4.79 Å². The molecular weight excluding hydrogens is 376 g/mol. The van der Waals surface area contributed by atoms with Crippen molar-refractivity contribution in [2.75, 3.05) is 7.11 Å². The minimum Gasteiger partial charge on any atom is -0.496 e. The Kier molecular flexibility index (Phi) is 6.06. The highest BCUT2D eigenvalue weighted by Gasteiger charge is 2.15. The van der Waals surface area contributed by atoms with Crippen molar-refractivity contribution < 1.29 is 19.1 Å². The van der Waals surface area contributed by atoms with E-state index in [2.05, 4.69) is 12.1 Å². The average molecular weight is 402 g/mol. The predicted octanol–water partition coefficient (Wildman–Crippen LogP) is 6.02. The van der Waals surface area contributed by atoms with Gasteiger partial charge in [-0.15, -0.1) is 0 Å². The average Bonchev–Trinajstić information content (AvgIpc) is 2.70. The molecule has 0 heterocycles. The second-order valence-corrected chi connectivity index (χ2v) is 7.61. The van der Waals surface area contributed by atoms with Crippen LogP contribution in [0.4, 0.5) is 0 Å². The first-order valence-corrected chi connectivity index (χ1v) is 9.81. The van der Waals surface area contributed by atoms with Crippen molar-refractivity contribution in [1.82, 2.24) is 0 Å². The molecule has 0 aromatic heterocycles. The summed E-state index contributed by atoms with van der Waals surface area (Å²) in [6, 6.07) is 14.7. The summed E-state index contributed by atoms with van der Waals surface area (Å²) >= 11 is 0. The first-order chi connectivity index (χ1) is 14.2. The zero-order chi connectivity index (χ0) is 22.0. The number of esters is 1. The minimum atomic E-state index is -0.444. The van der Waals surface area contributed by atoms with Gasteiger partial charge in [0.15, 0.2) is 5.78 Å². The van der Waals surface area contributed by atoms with Crippen LogP contribution in [-0.4, -0.2) is 18.9 Å². The van der Waals surface area contributed by atoms with Gasteiger partial charge in [-0.1, -0.05) is 12.1 Å². The molecule has 0 N–H and O–H groups in total. The Morgan fingerprint density at radius 2 is 1.07 bits per heavy atom. The fourth-order valence-corrected chi connectivity index (χ4v) is 3.71. The number of Topliss-reactive ketones (excluding diaryl/α,β-unsaturated/α-hetero) is 1. The van der Waals surface area contributed by atoms with Gasteiger partial charge in [-0.3, -0.25) is 4.79 Å². The fraction of sp³-hybridized carbons (Fsp3) is 0.231. The van der Waals surface area contributed by atoms with Crippen LogP contribution in [0, 0.1) is 27.7 Å². The molecule has 0 atom stereocenters. The van der Waals surface area contributed by atoms with Gasteiger partial charge in [0.2, 0.25) is 0 Å². The van der Waals surface area contributed by atoms with Crippen LogP contribution in [0.1, 0.15) is 49.9 Å². The van der Waals surface area contributed by atoms with Gasteiger partial charge in [-0.2, -0.15) is 0 Å². The zero-order valence-electron chi connectivity index (χ0n) is 18.3. The molecule has 0 saturated carbocycles. The highest BCUT2D eigenvalue weighted by atomic mass is 16.5. The zero-order valence-corrected chi connectivity index (χ0v) is 18.3. The van der Waals surface area contributed by atoms with E-state index < -0.39 is 5.97 Å². The number of aryl methyl sites for hydroxylation is 4. The molecule has 4 heteroatoms. The molecule has 0 saturated heterocycles. The summed E-state index contributed by atoms with van der Waals surface area (Å²) in [5, 5.41) is 0. The SMILES string of the molecule is COc1c(C)cc(-c2cc(C)c(OC(=O)c3ccc(C(C)=O)cc3)c(C)c2)cc1C. The first-order valence-electron chi connectivity index (χ1n) is 9.81. The topological polar surface area (TPSA) is 52.6 Å². The monoisotopic (exact) mass is 402 g/mol. The summed E-state index contributed by atoms with van der Waals surface area (Å²) in [5.74, 6) is 0.969. The van der Waals surface area contributed by atoms with Crippen molar-refractivity contribution in [1.29, 1.82) is 0 Å². The first kappa shape index (κ1) is 21.3. The lowest BCUT2D eigenvalue weighted by Crippen LogP contribution is -2.10. The second kappa shape index (κ2) is 8.54. The largest absolute Gasteiger partial charge is 0.496 e. The van der Waals surface area contributed by atoms with E-state index in [4.69, 9.17) is 9.47 Å². The lowest BCUT2D eigenvalue weighted by molar-refractivity contribution is 0.0731. The number of rotatable bonds is 5. The molecule has 0 fully saturated rings. The van der Waals surface area contributed by atoms with Gasteiger partial charge in [0.1, 0.15) is 11.5 Å². The lowest BCUT2D eigenvalue weighted by Gasteiger charge is -2.15. The van der Waals surface area contributed by atoms with Crippen LogP contribution in [0.25, 0.3) is 11.1 Å². The van der Waals surface area contributed by atoms with Crippen LogP contribution >= 0.6 is 0 Å². The van der Waals surface area contributed by atoms with Crippen molar-refractivity contribution in [2.24, 2.45) is 0 Å². The summed E-state index contributed by atoms with van der Waals surface area (Å²) in [4.78, 5) is 24.0. The van der Waals surface area contributed by atoms with Gasteiger partial charge >= 0.3 is 5.97 Å². The number of ether oxygens (including phenoxy) is 2. The maximum Gasteiger partial charge on any atom is 0.343 e. The second-order valence-electron chi connectivity index (χ2n) is 7.61. The van der Waals surface area contributed by atoms with Crippen molar-refractivity contribution in [2.45, 2.75) is 34.6 Å². The molecule has 0 aliphatic rings. The van der Waals surface area contributed by atoms with Crippen molar-refractivity contribution >= 4 is 11.8 Å². The Morgan fingerprint density at radius 3 is 1.47 bits per heavy atom. The van der Waals surface area contributed by atoms with Crippen LogP contribution in [0.15, 0.2) is 48.5 Å². The number of hydrogen-bond donors (Lipinski definition) is 0. The van der Waals surface area contributed by atoms with Crippen LogP contribution in [0.3, 0.4) is 0 Å². The van der Waals surface area contributed by atoms with Gasteiger partial charge in [0.25, 0.3) is 0 Å². The number of methoxy groups -OCH3 is 1. The van der Waals surface area contributed by atoms with E-state index in [1.807, 2.05) is 39.8 Å². The number of benzene rings is 3. The molecule has 3 aromatic rings. The van der Waals surface area contributed by atoms with Crippen molar-refractivity contribution in [3.8, 4) is 22.6 Å². The third kappa shape index (κ3) is 4.28. The number of carbonyl (C=O) groups is 2. The predicted molar refractivity (Wildman–Crippen MR) is 119 cm³/mol. The van der Waals surface area contributed by atoms with Gasteiger partial charge in [0, 0.05) is 5.56 Å². The van der Waals surface area contributed by atoms with E-state index in [1.54, 1.807) is 31.4 Å². The lowest BCUT2D eigenvalue weighted by atomic mass is 9.96. The molecule has 3 rings (SSSR count). The summed E-state index contributed by atoms with van der Waals surface area (Å²) < 4.78 is 11.2. The Morgan fingerprint density at radius 1 is 0.667 bits per heavy atom. The van der Waals surface area contributed by atoms with E-state index in [-0.39, 0.29) is 5.78 Å². The normalized spacial score (nSPS) is 10.6. The molecule has 0 amide bonds. The molecule has 0 aliphatic carbocycles. The molecule has 3 aromatic carbocycles. The molecule has 4 nitrogen and oxygen atoms in total. The third-order valence-electron chi connectivity index (χ3n) is 5.18. The Bertz CT molecular complexity index is 1080. The molecular formula is C26H26O4. The summed E-state index contributed by atoms with van der Waals surface area (Å²) in [7, 11) is 1.68. The third-order valence-corrected chi connectivity index (χ3v) is 5.18. The minimum absolute atomic E-state index is 0.0406.